The number of nitrogens with one attached hydrogen (secondary N) is 1. The second kappa shape index (κ2) is 7.22. The van der Waals surface area contributed by atoms with Crippen molar-refractivity contribution in [3.63, 3.8) is 0 Å². The van der Waals surface area contributed by atoms with Crippen LogP contribution in [0.2, 0.25) is 0 Å². The van der Waals surface area contributed by atoms with Gasteiger partial charge in [0.15, 0.2) is 0 Å². The summed E-state index contributed by atoms with van der Waals surface area (Å²) in [6.45, 7) is 1.68. The number of sulfonamides is 1. The van der Waals surface area contributed by atoms with Crippen molar-refractivity contribution in [3.8, 4) is 0 Å². The molecule has 2 N–H and O–H groups in total. The Morgan fingerprint density at radius 1 is 1.25 bits per heavy atom. The molecule has 9 heteroatoms. The lowest BCUT2D eigenvalue weighted by atomic mass is 10.2. The molecule has 0 aliphatic carbocycles. The van der Waals surface area contributed by atoms with E-state index in [2.05, 4.69) is 4.72 Å². The van der Waals surface area contributed by atoms with Crippen molar-refractivity contribution in [2.24, 2.45) is 0 Å². The molecule has 132 valence electrons. The van der Waals surface area contributed by atoms with Gasteiger partial charge in [0.1, 0.15) is 0 Å². The van der Waals surface area contributed by atoms with E-state index in [9.17, 15) is 26.7 Å². The molecule has 4 nitrogen and oxygen atoms in total. The van der Waals surface area contributed by atoms with E-state index >= 15 is 0 Å². The van der Waals surface area contributed by atoms with Crippen molar-refractivity contribution in [2.75, 3.05) is 6.54 Å². The predicted molar refractivity (Wildman–Crippen MR) is 85.3 cm³/mol. The lowest BCUT2D eigenvalue weighted by Gasteiger charge is -2.10. The molecular formula is C15H16F3NO3S2. The van der Waals surface area contributed by atoms with Crippen LogP contribution in [0.5, 0.6) is 0 Å². The fourth-order valence-corrected chi connectivity index (χ4v) is 4.01. The maximum Gasteiger partial charge on any atom is 0.416 e. The Morgan fingerprint density at radius 3 is 2.54 bits per heavy atom. The van der Waals surface area contributed by atoms with Gasteiger partial charge in [0.05, 0.1) is 16.6 Å². The standard InChI is InChI=1S/C15H16F3NO3S2/c1-10(20)14-6-5-12(23-14)7-8-19-24(21,22)13-4-2-3-11(9-13)15(16,17)18/h2-6,9-10,19-20H,7-8H2,1H3/t10-/m0/s1. The molecule has 0 aliphatic rings. The van der Waals surface area contributed by atoms with Gasteiger partial charge in [0.2, 0.25) is 10.0 Å². The molecule has 0 amide bonds. The minimum Gasteiger partial charge on any atom is -0.388 e. The Kier molecular flexibility index (Phi) is 5.69. The van der Waals surface area contributed by atoms with Crippen LogP contribution < -0.4 is 4.72 Å². The fourth-order valence-electron chi connectivity index (χ4n) is 1.98. The number of rotatable bonds is 6. The quantitative estimate of drug-likeness (QED) is 0.809. The summed E-state index contributed by atoms with van der Waals surface area (Å²) < 4.78 is 64.5. The van der Waals surface area contributed by atoms with E-state index in [4.69, 9.17) is 0 Å². The lowest BCUT2D eigenvalue weighted by Crippen LogP contribution is -2.26. The zero-order chi connectivity index (χ0) is 18.0. The molecule has 0 fully saturated rings. The predicted octanol–water partition coefficient (Wildman–Crippen LogP) is 3.34. The maximum atomic E-state index is 12.7. The summed E-state index contributed by atoms with van der Waals surface area (Å²) in [6.07, 6.45) is -4.80. The average molecular weight is 379 g/mol. The first kappa shape index (κ1) is 18.9. The minimum absolute atomic E-state index is 0.0539. The van der Waals surface area contributed by atoms with E-state index in [0.717, 1.165) is 28.0 Å². The van der Waals surface area contributed by atoms with Crippen LogP contribution in [0, 0.1) is 0 Å². The minimum atomic E-state index is -4.60. The molecule has 2 aromatic rings. The molecular weight excluding hydrogens is 363 g/mol. The smallest absolute Gasteiger partial charge is 0.388 e. The molecule has 24 heavy (non-hydrogen) atoms. The average Bonchev–Trinajstić information content (AvgIpc) is 2.95. The SMILES string of the molecule is C[C@H](O)c1ccc(CCNS(=O)(=O)c2cccc(C(F)(F)F)c2)s1. The van der Waals surface area contributed by atoms with Crippen molar-refractivity contribution in [1.29, 1.82) is 0 Å². The largest absolute Gasteiger partial charge is 0.416 e. The summed E-state index contributed by atoms with van der Waals surface area (Å²) in [4.78, 5) is 1.22. The van der Waals surface area contributed by atoms with Crippen molar-refractivity contribution < 1.29 is 26.7 Å². The molecule has 0 spiro atoms. The van der Waals surface area contributed by atoms with Crippen LogP contribution in [0.3, 0.4) is 0 Å². The van der Waals surface area contributed by atoms with Gasteiger partial charge in [-0.3, -0.25) is 0 Å². The molecule has 0 aliphatic heterocycles. The van der Waals surface area contributed by atoms with Crippen molar-refractivity contribution in [1.82, 2.24) is 4.72 Å². The van der Waals surface area contributed by atoms with Gasteiger partial charge in [-0.05, 0) is 43.7 Å². The first-order valence-electron chi connectivity index (χ1n) is 7.03. The maximum absolute atomic E-state index is 12.7. The summed E-state index contributed by atoms with van der Waals surface area (Å²) in [5, 5.41) is 9.44. The van der Waals surface area contributed by atoms with E-state index in [1.165, 1.54) is 11.3 Å². The Morgan fingerprint density at radius 2 is 1.96 bits per heavy atom. The van der Waals surface area contributed by atoms with Crippen molar-refractivity contribution in [3.05, 3.63) is 51.7 Å². The molecule has 1 atom stereocenters. The number of halogens is 3. The lowest BCUT2D eigenvalue weighted by molar-refractivity contribution is -0.137. The highest BCUT2D eigenvalue weighted by atomic mass is 32.2. The second-order valence-electron chi connectivity index (χ2n) is 5.15. The number of hydrogen-bond donors (Lipinski definition) is 2. The Bertz CT molecular complexity index is 798. The zero-order valence-electron chi connectivity index (χ0n) is 12.7. The third kappa shape index (κ3) is 4.79. The normalized spacial score (nSPS) is 13.9. The van der Waals surface area contributed by atoms with Crippen LogP contribution >= 0.6 is 11.3 Å². The van der Waals surface area contributed by atoms with Gasteiger partial charge in [0, 0.05) is 16.3 Å². The summed E-state index contributed by atoms with van der Waals surface area (Å²) in [6, 6.07) is 7.15. The third-order valence-electron chi connectivity index (χ3n) is 3.23. The van der Waals surface area contributed by atoms with Crippen molar-refractivity contribution in [2.45, 2.75) is 30.5 Å². The van der Waals surface area contributed by atoms with E-state index in [1.807, 2.05) is 0 Å². The molecule has 1 heterocycles. The van der Waals surface area contributed by atoms with Crippen LogP contribution in [0.4, 0.5) is 13.2 Å². The molecule has 2 rings (SSSR count). The van der Waals surface area contributed by atoms with Gasteiger partial charge < -0.3 is 5.11 Å². The third-order valence-corrected chi connectivity index (χ3v) is 6.00. The summed E-state index contributed by atoms with van der Waals surface area (Å²) >= 11 is 1.36. The molecule has 0 unspecified atom stereocenters. The first-order valence-corrected chi connectivity index (χ1v) is 9.33. The highest BCUT2D eigenvalue weighted by Crippen LogP contribution is 2.30. The topological polar surface area (TPSA) is 66.4 Å². The number of benzene rings is 1. The molecule has 0 bridgehead atoms. The number of aliphatic hydroxyl groups is 1. The molecule has 1 aromatic heterocycles. The molecule has 1 aromatic carbocycles. The first-order chi connectivity index (χ1) is 11.1. The zero-order valence-corrected chi connectivity index (χ0v) is 14.3. The van der Waals surface area contributed by atoms with Crippen molar-refractivity contribution >= 4 is 21.4 Å². The summed E-state index contributed by atoms with van der Waals surface area (Å²) in [5.74, 6) is 0. The van der Waals surface area contributed by atoms with E-state index in [1.54, 1.807) is 19.1 Å². The molecule has 0 radical (unpaired) electrons. The number of hydrogen-bond acceptors (Lipinski definition) is 4. The van der Waals surface area contributed by atoms with Crippen LogP contribution in [-0.4, -0.2) is 20.1 Å². The van der Waals surface area contributed by atoms with Gasteiger partial charge in [-0.2, -0.15) is 13.2 Å². The molecule has 0 saturated carbocycles. The van der Waals surface area contributed by atoms with Gasteiger partial charge in [-0.1, -0.05) is 6.07 Å². The van der Waals surface area contributed by atoms with Gasteiger partial charge in [-0.25, -0.2) is 13.1 Å². The molecule has 0 saturated heterocycles. The van der Waals surface area contributed by atoms with Gasteiger partial charge in [-0.15, -0.1) is 11.3 Å². The van der Waals surface area contributed by atoms with E-state index < -0.39 is 32.8 Å². The van der Waals surface area contributed by atoms with Crippen LogP contribution in [0.15, 0.2) is 41.3 Å². The highest BCUT2D eigenvalue weighted by molar-refractivity contribution is 7.89. The second-order valence-corrected chi connectivity index (χ2v) is 8.12. The Hall–Kier alpha value is -1.42. The number of thiophene rings is 1. The van der Waals surface area contributed by atoms with E-state index in [0.29, 0.717) is 12.5 Å². The highest BCUT2D eigenvalue weighted by Gasteiger charge is 2.31. The number of alkyl halides is 3. The van der Waals surface area contributed by atoms with Crippen LogP contribution in [-0.2, 0) is 22.6 Å². The van der Waals surface area contributed by atoms with Crippen LogP contribution in [0.25, 0.3) is 0 Å². The fraction of sp³-hybridized carbons (Fsp3) is 0.333. The summed E-state index contributed by atoms with van der Waals surface area (Å²) in [7, 11) is -4.02. The van der Waals surface area contributed by atoms with E-state index in [-0.39, 0.29) is 6.54 Å². The van der Waals surface area contributed by atoms with Gasteiger partial charge >= 0.3 is 6.18 Å². The Balaban J connectivity index is 2.03. The van der Waals surface area contributed by atoms with Gasteiger partial charge in [0.25, 0.3) is 0 Å². The van der Waals surface area contributed by atoms with Crippen LogP contribution in [0.1, 0.15) is 28.3 Å². The Labute approximate surface area is 142 Å². The monoisotopic (exact) mass is 379 g/mol. The summed E-state index contributed by atoms with van der Waals surface area (Å²) in [5.41, 5.74) is -1.01. The number of aliphatic hydroxyl groups excluding tert-OH is 1.